The zero-order valence-corrected chi connectivity index (χ0v) is 12.2. The SMILES string of the molecule is CC(CF)n1c(-c2ccccc2)c(-c2ccccc2)oc1=O. The van der Waals surface area contributed by atoms with Gasteiger partial charge in [0, 0.05) is 11.1 Å². The Morgan fingerprint density at radius 3 is 2.09 bits per heavy atom. The summed E-state index contributed by atoms with van der Waals surface area (Å²) in [5, 5.41) is 0. The summed E-state index contributed by atoms with van der Waals surface area (Å²) in [6.45, 7) is 1.03. The molecule has 22 heavy (non-hydrogen) atoms. The van der Waals surface area contributed by atoms with E-state index in [2.05, 4.69) is 0 Å². The van der Waals surface area contributed by atoms with Gasteiger partial charge in [0.25, 0.3) is 0 Å². The van der Waals surface area contributed by atoms with E-state index in [0.29, 0.717) is 11.5 Å². The molecule has 0 aliphatic heterocycles. The maximum absolute atomic E-state index is 13.2. The maximum Gasteiger partial charge on any atom is 0.420 e. The fourth-order valence-corrected chi connectivity index (χ4v) is 2.51. The van der Waals surface area contributed by atoms with Crippen molar-refractivity contribution in [2.45, 2.75) is 13.0 Å². The van der Waals surface area contributed by atoms with Gasteiger partial charge in [-0.05, 0) is 6.92 Å². The number of hydrogen-bond acceptors (Lipinski definition) is 2. The molecule has 0 radical (unpaired) electrons. The quantitative estimate of drug-likeness (QED) is 0.719. The van der Waals surface area contributed by atoms with E-state index >= 15 is 0 Å². The van der Waals surface area contributed by atoms with E-state index in [0.717, 1.165) is 11.1 Å². The van der Waals surface area contributed by atoms with E-state index in [1.807, 2.05) is 60.7 Å². The lowest BCUT2D eigenvalue weighted by Gasteiger charge is -2.12. The number of nitrogens with zero attached hydrogens (tertiary/aromatic N) is 1. The third-order valence-electron chi connectivity index (χ3n) is 3.59. The molecule has 0 aliphatic rings. The highest BCUT2D eigenvalue weighted by molar-refractivity contribution is 5.77. The van der Waals surface area contributed by atoms with Crippen molar-refractivity contribution < 1.29 is 8.81 Å². The van der Waals surface area contributed by atoms with Crippen molar-refractivity contribution in [2.24, 2.45) is 0 Å². The molecule has 3 rings (SSSR count). The lowest BCUT2D eigenvalue weighted by atomic mass is 10.1. The molecule has 1 atom stereocenters. The first-order valence-electron chi connectivity index (χ1n) is 7.14. The van der Waals surface area contributed by atoms with Gasteiger partial charge in [-0.25, -0.2) is 9.18 Å². The van der Waals surface area contributed by atoms with E-state index in [4.69, 9.17) is 4.42 Å². The molecule has 0 N–H and O–H groups in total. The molecule has 0 fully saturated rings. The molecule has 1 heterocycles. The summed E-state index contributed by atoms with van der Waals surface area (Å²) in [5.41, 5.74) is 2.23. The summed E-state index contributed by atoms with van der Waals surface area (Å²) < 4.78 is 20.0. The Labute approximate surface area is 127 Å². The largest absolute Gasteiger partial charge is 0.420 e. The van der Waals surface area contributed by atoms with Crippen LogP contribution in [0.15, 0.2) is 69.9 Å². The molecule has 0 spiro atoms. The highest BCUT2D eigenvalue weighted by Crippen LogP contribution is 2.33. The molecule has 0 saturated heterocycles. The number of aromatic nitrogens is 1. The lowest BCUT2D eigenvalue weighted by Crippen LogP contribution is -2.20. The number of alkyl halides is 1. The zero-order valence-electron chi connectivity index (χ0n) is 12.2. The van der Waals surface area contributed by atoms with Crippen LogP contribution < -0.4 is 5.76 Å². The summed E-state index contributed by atoms with van der Waals surface area (Å²) >= 11 is 0. The van der Waals surface area contributed by atoms with Crippen LogP contribution in [0.2, 0.25) is 0 Å². The van der Waals surface area contributed by atoms with Crippen LogP contribution in [-0.4, -0.2) is 11.2 Å². The van der Waals surface area contributed by atoms with E-state index in [-0.39, 0.29) is 0 Å². The van der Waals surface area contributed by atoms with E-state index in [1.165, 1.54) is 4.57 Å². The molecule has 0 amide bonds. The molecule has 4 heteroatoms. The Kier molecular flexibility index (Phi) is 3.92. The minimum atomic E-state index is -0.631. The second kappa shape index (κ2) is 6.02. The molecule has 3 nitrogen and oxygen atoms in total. The molecule has 0 aliphatic carbocycles. The van der Waals surface area contributed by atoms with Crippen LogP contribution in [0, 0.1) is 0 Å². The second-order valence-electron chi connectivity index (χ2n) is 5.15. The van der Waals surface area contributed by atoms with Crippen molar-refractivity contribution in [1.29, 1.82) is 0 Å². The van der Waals surface area contributed by atoms with Gasteiger partial charge in [0.15, 0.2) is 5.76 Å². The Balaban J connectivity index is 2.30. The number of rotatable bonds is 4. The predicted molar refractivity (Wildman–Crippen MR) is 84.5 cm³/mol. The van der Waals surface area contributed by atoms with Gasteiger partial charge in [-0.15, -0.1) is 0 Å². The Hall–Kier alpha value is -2.62. The number of benzene rings is 2. The van der Waals surface area contributed by atoms with Gasteiger partial charge in [0.2, 0.25) is 0 Å². The number of hydrogen-bond donors (Lipinski definition) is 0. The van der Waals surface area contributed by atoms with Crippen molar-refractivity contribution >= 4 is 0 Å². The highest BCUT2D eigenvalue weighted by atomic mass is 19.1. The van der Waals surface area contributed by atoms with Gasteiger partial charge in [-0.1, -0.05) is 60.7 Å². The van der Waals surface area contributed by atoms with Crippen molar-refractivity contribution in [3.8, 4) is 22.6 Å². The fraction of sp³-hybridized carbons (Fsp3) is 0.167. The van der Waals surface area contributed by atoms with Crippen LogP contribution >= 0.6 is 0 Å². The number of halogens is 1. The minimum Gasteiger partial charge on any atom is -0.407 e. The highest BCUT2D eigenvalue weighted by Gasteiger charge is 2.22. The van der Waals surface area contributed by atoms with E-state index in [1.54, 1.807) is 6.92 Å². The third kappa shape index (κ3) is 2.48. The molecular formula is C18H16FNO2. The Morgan fingerprint density at radius 1 is 1.00 bits per heavy atom. The number of oxazole rings is 1. The average molecular weight is 297 g/mol. The van der Waals surface area contributed by atoms with Crippen LogP contribution in [0.5, 0.6) is 0 Å². The average Bonchev–Trinajstić information content (AvgIpc) is 2.93. The monoisotopic (exact) mass is 297 g/mol. The maximum atomic E-state index is 13.2. The first-order chi connectivity index (χ1) is 10.7. The predicted octanol–water partition coefficient (Wildman–Crippen LogP) is 4.31. The summed E-state index contributed by atoms with van der Waals surface area (Å²) in [5.74, 6) is -0.0695. The van der Waals surface area contributed by atoms with Gasteiger partial charge in [-0.2, -0.15) is 0 Å². The third-order valence-corrected chi connectivity index (χ3v) is 3.59. The smallest absolute Gasteiger partial charge is 0.407 e. The van der Waals surface area contributed by atoms with Crippen molar-refractivity contribution in [1.82, 2.24) is 4.57 Å². The van der Waals surface area contributed by atoms with Crippen LogP contribution in [-0.2, 0) is 0 Å². The molecule has 112 valence electrons. The summed E-state index contributed by atoms with van der Waals surface area (Å²) in [7, 11) is 0. The van der Waals surface area contributed by atoms with Crippen LogP contribution in [0.3, 0.4) is 0 Å². The minimum absolute atomic E-state index is 0.470. The molecular weight excluding hydrogens is 281 g/mol. The van der Waals surface area contributed by atoms with E-state index < -0.39 is 18.5 Å². The molecule has 0 saturated carbocycles. The van der Waals surface area contributed by atoms with Crippen molar-refractivity contribution in [3.05, 3.63) is 71.2 Å². The summed E-state index contributed by atoms with van der Waals surface area (Å²) in [4.78, 5) is 12.2. The van der Waals surface area contributed by atoms with Crippen LogP contribution in [0.25, 0.3) is 22.6 Å². The van der Waals surface area contributed by atoms with Gasteiger partial charge < -0.3 is 4.42 Å². The fourth-order valence-electron chi connectivity index (χ4n) is 2.51. The second-order valence-corrected chi connectivity index (χ2v) is 5.15. The van der Waals surface area contributed by atoms with Gasteiger partial charge >= 0.3 is 5.76 Å². The van der Waals surface area contributed by atoms with Crippen molar-refractivity contribution in [2.75, 3.05) is 6.67 Å². The molecule has 3 aromatic rings. The van der Waals surface area contributed by atoms with E-state index in [9.17, 15) is 9.18 Å². The summed E-state index contributed by atoms with van der Waals surface area (Å²) in [6.07, 6.45) is 0. The topological polar surface area (TPSA) is 35.1 Å². The molecule has 2 aromatic carbocycles. The Morgan fingerprint density at radius 2 is 1.55 bits per heavy atom. The molecule has 0 bridgehead atoms. The summed E-state index contributed by atoms with van der Waals surface area (Å²) in [6, 6.07) is 18.2. The zero-order chi connectivity index (χ0) is 15.5. The van der Waals surface area contributed by atoms with Gasteiger partial charge in [-0.3, -0.25) is 4.57 Å². The molecule has 1 unspecified atom stereocenters. The molecule has 1 aromatic heterocycles. The van der Waals surface area contributed by atoms with Crippen LogP contribution in [0.4, 0.5) is 4.39 Å². The van der Waals surface area contributed by atoms with Crippen LogP contribution in [0.1, 0.15) is 13.0 Å². The first-order valence-corrected chi connectivity index (χ1v) is 7.14. The first kappa shape index (κ1) is 14.3. The van der Waals surface area contributed by atoms with Gasteiger partial charge in [0.1, 0.15) is 6.67 Å². The van der Waals surface area contributed by atoms with Crippen molar-refractivity contribution in [3.63, 3.8) is 0 Å². The lowest BCUT2D eigenvalue weighted by molar-refractivity contribution is 0.355. The normalized spacial score (nSPS) is 12.3. The standard InChI is InChI=1S/C18H16FNO2/c1-13(12-19)20-16(14-8-4-2-5-9-14)17(22-18(20)21)15-10-6-3-7-11-15/h2-11,13H,12H2,1H3. The Bertz CT molecular complexity index is 806. The van der Waals surface area contributed by atoms with Gasteiger partial charge in [0.05, 0.1) is 11.7 Å².